The zero-order chi connectivity index (χ0) is 18.8. The highest BCUT2D eigenvalue weighted by atomic mass is 32.1. The van der Waals surface area contributed by atoms with Crippen LogP contribution in [0.1, 0.15) is 36.2 Å². The van der Waals surface area contributed by atoms with E-state index in [4.69, 9.17) is 9.47 Å². The summed E-state index contributed by atoms with van der Waals surface area (Å²) in [6.45, 7) is 5.54. The topological polar surface area (TPSA) is 93.6 Å². The molecule has 26 heavy (non-hydrogen) atoms. The SMILES string of the molecule is COc1cccc(C2C(OC(=O)O)=C(C)NC(C)=C2c2nc(C)ns2)c1. The maximum absolute atomic E-state index is 11.3. The molecular formula is C18H19N3O4S. The first-order valence-corrected chi connectivity index (χ1v) is 8.72. The molecular weight excluding hydrogens is 354 g/mol. The lowest BCUT2D eigenvalue weighted by Gasteiger charge is -2.30. The van der Waals surface area contributed by atoms with Gasteiger partial charge in [-0.15, -0.1) is 0 Å². The van der Waals surface area contributed by atoms with E-state index in [1.165, 1.54) is 11.5 Å². The number of benzene rings is 1. The van der Waals surface area contributed by atoms with Crippen LogP contribution in [-0.2, 0) is 4.74 Å². The Morgan fingerprint density at radius 1 is 1.27 bits per heavy atom. The molecule has 0 aliphatic carbocycles. The van der Waals surface area contributed by atoms with Gasteiger partial charge < -0.3 is 19.9 Å². The minimum absolute atomic E-state index is 0.319. The van der Waals surface area contributed by atoms with E-state index in [0.29, 0.717) is 23.0 Å². The summed E-state index contributed by atoms with van der Waals surface area (Å²) in [5.74, 6) is 1.23. The standard InChI is InChI=1S/C18H19N3O4S/c1-9-14(17-20-11(3)21-26-17)15(12-6-5-7-13(8-12)24-4)16(10(2)19-9)25-18(22)23/h5-8,15,19H,1-4H3,(H,22,23). The summed E-state index contributed by atoms with van der Waals surface area (Å²) in [6.07, 6.45) is -1.36. The summed E-state index contributed by atoms with van der Waals surface area (Å²) in [6, 6.07) is 7.49. The molecule has 7 nitrogen and oxygen atoms in total. The highest BCUT2D eigenvalue weighted by Crippen LogP contribution is 2.44. The molecule has 1 unspecified atom stereocenters. The quantitative estimate of drug-likeness (QED) is 0.785. The Hall–Kier alpha value is -2.87. The van der Waals surface area contributed by atoms with E-state index in [-0.39, 0.29) is 0 Å². The van der Waals surface area contributed by atoms with Crippen LogP contribution in [0, 0.1) is 6.92 Å². The van der Waals surface area contributed by atoms with Crippen molar-refractivity contribution in [3.8, 4) is 5.75 Å². The largest absolute Gasteiger partial charge is 0.511 e. The first-order chi connectivity index (χ1) is 12.4. The van der Waals surface area contributed by atoms with E-state index in [2.05, 4.69) is 14.7 Å². The number of carboxylic acid groups (broad SMARTS) is 1. The minimum atomic E-state index is -1.36. The number of nitrogens with zero attached hydrogens (tertiary/aromatic N) is 2. The van der Waals surface area contributed by atoms with Gasteiger partial charge in [0.1, 0.15) is 22.3 Å². The van der Waals surface area contributed by atoms with Crippen LogP contribution in [-0.4, -0.2) is 27.7 Å². The molecule has 3 rings (SSSR count). The highest BCUT2D eigenvalue weighted by Gasteiger charge is 2.34. The molecule has 1 atom stereocenters. The smallest absolute Gasteiger partial charge is 0.497 e. The van der Waals surface area contributed by atoms with Gasteiger partial charge in [-0.2, -0.15) is 4.37 Å². The third-order valence-electron chi connectivity index (χ3n) is 4.08. The van der Waals surface area contributed by atoms with Gasteiger partial charge in [-0.3, -0.25) is 0 Å². The number of nitrogens with one attached hydrogen (secondary N) is 1. The molecule has 136 valence electrons. The molecule has 1 aliphatic heterocycles. The summed E-state index contributed by atoms with van der Waals surface area (Å²) < 4.78 is 14.8. The van der Waals surface area contributed by atoms with Crippen LogP contribution >= 0.6 is 11.5 Å². The van der Waals surface area contributed by atoms with Crippen molar-refractivity contribution in [2.75, 3.05) is 7.11 Å². The second-order valence-electron chi connectivity index (χ2n) is 5.88. The molecule has 0 saturated carbocycles. The van der Waals surface area contributed by atoms with Gasteiger partial charge in [0, 0.05) is 11.3 Å². The molecule has 1 aromatic heterocycles. The van der Waals surface area contributed by atoms with Crippen molar-refractivity contribution in [1.29, 1.82) is 0 Å². The van der Waals surface area contributed by atoms with Crippen molar-refractivity contribution in [1.82, 2.24) is 14.7 Å². The average Bonchev–Trinajstić information content (AvgIpc) is 3.02. The zero-order valence-electron chi connectivity index (χ0n) is 14.9. The Kier molecular flexibility index (Phi) is 4.94. The maximum Gasteiger partial charge on any atom is 0.511 e. The lowest BCUT2D eigenvalue weighted by Crippen LogP contribution is -2.26. The van der Waals surface area contributed by atoms with E-state index >= 15 is 0 Å². The Morgan fingerprint density at radius 3 is 2.65 bits per heavy atom. The number of carbonyl (C=O) groups is 1. The molecule has 0 amide bonds. The molecule has 0 radical (unpaired) electrons. The summed E-state index contributed by atoms with van der Waals surface area (Å²) in [5, 5.41) is 13.1. The molecule has 2 N–H and O–H groups in total. The molecule has 1 aromatic carbocycles. The Balaban J connectivity index is 2.20. The van der Waals surface area contributed by atoms with Crippen LogP contribution in [0.4, 0.5) is 4.79 Å². The van der Waals surface area contributed by atoms with Gasteiger partial charge in [-0.25, -0.2) is 9.78 Å². The molecule has 0 saturated heterocycles. The van der Waals surface area contributed by atoms with Gasteiger partial charge in [0.2, 0.25) is 0 Å². The van der Waals surface area contributed by atoms with Crippen molar-refractivity contribution in [3.63, 3.8) is 0 Å². The monoisotopic (exact) mass is 373 g/mol. The zero-order valence-corrected chi connectivity index (χ0v) is 15.7. The summed E-state index contributed by atoms with van der Waals surface area (Å²) in [5.41, 5.74) is 3.21. The summed E-state index contributed by atoms with van der Waals surface area (Å²) in [7, 11) is 1.59. The second-order valence-corrected chi connectivity index (χ2v) is 6.63. The Bertz CT molecular complexity index is 917. The lowest BCUT2D eigenvalue weighted by atomic mass is 9.85. The average molecular weight is 373 g/mol. The normalized spacial score (nSPS) is 17.2. The van der Waals surface area contributed by atoms with Crippen molar-refractivity contribution in [2.24, 2.45) is 0 Å². The Labute approximate surface area is 155 Å². The van der Waals surface area contributed by atoms with Crippen molar-refractivity contribution < 1.29 is 19.4 Å². The fourth-order valence-corrected chi connectivity index (χ4v) is 3.83. The number of hydrogen-bond donors (Lipinski definition) is 2. The minimum Gasteiger partial charge on any atom is -0.497 e. The maximum atomic E-state index is 11.3. The van der Waals surface area contributed by atoms with Crippen molar-refractivity contribution >= 4 is 23.3 Å². The number of hydrogen-bond acceptors (Lipinski definition) is 7. The van der Waals surface area contributed by atoms with Crippen LogP contribution < -0.4 is 10.1 Å². The number of allylic oxidation sites excluding steroid dienone is 3. The molecule has 0 bridgehead atoms. The molecule has 2 heterocycles. The summed E-state index contributed by atoms with van der Waals surface area (Å²) >= 11 is 1.27. The summed E-state index contributed by atoms with van der Waals surface area (Å²) in [4.78, 5) is 15.8. The van der Waals surface area contributed by atoms with E-state index in [0.717, 1.165) is 21.8 Å². The first-order valence-electron chi connectivity index (χ1n) is 7.94. The van der Waals surface area contributed by atoms with Crippen LogP contribution in [0.5, 0.6) is 5.75 Å². The lowest BCUT2D eigenvalue weighted by molar-refractivity contribution is 0.114. The van der Waals surface area contributed by atoms with E-state index < -0.39 is 12.1 Å². The fraction of sp³-hybridized carbons (Fsp3) is 0.278. The van der Waals surface area contributed by atoms with Crippen molar-refractivity contribution in [3.05, 3.63) is 57.8 Å². The molecule has 0 spiro atoms. The van der Waals surface area contributed by atoms with Crippen LogP contribution in [0.3, 0.4) is 0 Å². The number of dihydropyridines is 1. The van der Waals surface area contributed by atoms with Gasteiger partial charge >= 0.3 is 6.16 Å². The van der Waals surface area contributed by atoms with Gasteiger partial charge in [-0.1, -0.05) is 12.1 Å². The van der Waals surface area contributed by atoms with Crippen LogP contribution in [0.2, 0.25) is 0 Å². The van der Waals surface area contributed by atoms with Crippen molar-refractivity contribution in [2.45, 2.75) is 26.7 Å². The van der Waals surface area contributed by atoms with E-state index in [9.17, 15) is 9.90 Å². The number of aromatic nitrogens is 2. The molecule has 8 heteroatoms. The number of ether oxygens (including phenoxy) is 2. The van der Waals surface area contributed by atoms with E-state index in [1.807, 2.05) is 38.1 Å². The van der Waals surface area contributed by atoms with Gasteiger partial charge in [-0.05, 0) is 50.0 Å². The van der Waals surface area contributed by atoms with Gasteiger partial charge in [0.25, 0.3) is 0 Å². The number of aryl methyl sites for hydroxylation is 1. The second kappa shape index (κ2) is 7.17. The number of rotatable bonds is 4. The number of methoxy groups -OCH3 is 1. The molecule has 0 fully saturated rings. The Morgan fingerprint density at radius 2 is 2.04 bits per heavy atom. The van der Waals surface area contributed by atoms with Gasteiger partial charge in [0.15, 0.2) is 0 Å². The highest BCUT2D eigenvalue weighted by molar-refractivity contribution is 7.06. The van der Waals surface area contributed by atoms with Crippen LogP contribution in [0.15, 0.2) is 41.4 Å². The third-order valence-corrected chi connectivity index (χ3v) is 4.92. The predicted octanol–water partition coefficient (Wildman–Crippen LogP) is 3.90. The predicted molar refractivity (Wildman–Crippen MR) is 97.9 cm³/mol. The molecule has 2 aromatic rings. The first kappa shape index (κ1) is 17.9. The van der Waals surface area contributed by atoms with Crippen LogP contribution in [0.25, 0.3) is 5.57 Å². The van der Waals surface area contributed by atoms with Gasteiger partial charge in [0.05, 0.1) is 18.7 Å². The third kappa shape index (κ3) is 3.41. The molecule has 1 aliphatic rings. The van der Waals surface area contributed by atoms with E-state index in [1.54, 1.807) is 14.0 Å². The fourth-order valence-electron chi connectivity index (χ4n) is 3.03.